The Balaban J connectivity index is 1.90. The Morgan fingerprint density at radius 3 is 2.52 bits per heavy atom. The monoisotopic (exact) mass is 397 g/mol. The van der Waals surface area contributed by atoms with E-state index in [1.54, 1.807) is 6.92 Å². The summed E-state index contributed by atoms with van der Waals surface area (Å²) in [6.07, 6.45) is 1.70. The third kappa shape index (κ3) is 6.04. The van der Waals surface area contributed by atoms with Crippen LogP contribution in [0.15, 0.2) is 0 Å². The molecule has 0 bridgehead atoms. The summed E-state index contributed by atoms with van der Waals surface area (Å²) in [5.41, 5.74) is 0.928. The topological polar surface area (TPSA) is 123 Å². The summed E-state index contributed by atoms with van der Waals surface area (Å²) in [4.78, 5) is 48.5. The second-order valence-electron chi connectivity index (χ2n) is 6.12. The molecule has 0 atom stereocenters. The summed E-state index contributed by atoms with van der Waals surface area (Å²) in [5, 5.41) is 7.64. The Morgan fingerprint density at radius 2 is 1.89 bits per heavy atom. The van der Waals surface area contributed by atoms with E-state index >= 15 is 0 Å². The molecule has 0 spiro atoms. The van der Waals surface area contributed by atoms with Gasteiger partial charge in [0.25, 0.3) is 5.91 Å². The second kappa shape index (κ2) is 9.47. The van der Waals surface area contributed by atoms with Gasteiger partial charge in [-0.15, -0.1) is 11.3 Å². The smallest absolute Gasteiger partial charge is 0.341 e. The van der Waals surface area contributed by atoms with Crippen LogP contribution in [0.5, 0.6) is 0 Å². The summed E-state index contributed by atoms with van der Waals surface area (Å²) >= 11 is 1.29. The van der Waals surface area contributed by atoms with Gasteiger partial charge in [0, 0.05) is 24.4 Å². The first kappa shape index (κ1) is 20.8. The van der Waals surface area contributed by atoms with Gasteiger partial charge in [-0.2, -0.15) is 0 Å². The van der Waals surface area contributed by atoms with E-state index in [1.165, 1.54) is 18.4 Å². The zero-order valence-electron chi connectivity index (χ0n) is 15.5. The van der Waals surface area contributed by atoms with Gasteiger partial charge in [-0.1, -0.05) is 0 Å². The molecule has 0 unspecified atom stereocenters. The van der Waals surface area contributed by atoms with Crippen molar-refractivity contribution < 1.29 is 28.7 Å². The number of urea groups is 1. The average Bonchev–Trinajstić information content (AvgIpc) is 3.41. The van der Waals surface area contributed by atoms with E-state index in [0.29, 0.717) is 17.2 Å². The molecule has 27 heavy (non-hydrogen) atoms. The molecule has 148 valence electrons. The molecule has 0 aromatic carbocycles. The molecule has 3 N–H and O–H groups in total. The van der Waals surface area contributed by atoms with Crippen molar-refractivity contribution in [2.75, 3.05) is 32.2 Å². The van der Waals surface area contributed by atoms with Crippen LogP contribution in [-0.2, 0) is 19.1 Å². The quantitative estimate of drug-likeness (QED) is 0.449. The van der Waals surface area contributed by atoms with Crippen molar-refractivity contribution in [2.45, 2.75) is 26.7 Å². The molecule has 0 saturated heterocycles. The van der Waals surface area contributed by atoms with E-state index in [2.05, 4.69) is 10.6 Å². The summed E-state index contributed by atoms with van der Waals surface area (Å²) in [6, 6.07) is -0.701. The molecule has 10 heteroatoms. The standard InChI is InChI=1S/C17H23N3O6S/c1-9-10(2)27-15(20-14(22)11-4-5-11)13(9)16(23)26-8-12(21)19-17(24)18-6-7-25-3/h11H,4-8H2,1-3H3,(H,20,22)(H2,18,19,21,24). The molecule has 1 aromatic rings. The highest BCUT2D eigenvalue weighted by atomic mass is 32.1. The van der Waals surface area contributed by atoms with Crippen LogP contribution in [0, 0.1) is 19.8 Å². The number of hydrogen-bond donors (Lipinski definition) is 3. The average molecular weight is 397 g/mol. The molecule has 1 saturated carbocycles. The lowest BCUT2D eigenvalue weighted by molar-refractivity contribution is -0.123. The van der Waals surface area contributed by atoms with Gasteiger partial charge >= 0.3 is 12.0 Å². The number of nitrogens with one attached hydrogen (secondary N) is 3. The Labute approximate surface area is 160 Å². The van der Waals surface area contributed by atoms with Gasteiger partial charge < -0.3 is 20.1 Å². The van der Waals surface area contributed by atoms with E-state index < -0.39 is 24.5 Å². The van der Waals surface area contributed by atoms with E-state index in [9.17, 15) is 19.2 Å². The van der Waals surface area contributed by atoms with Crippen LogP contribution in [0.3, 0.4) is 0 Å². The molecule has 4 amide bonds. The largest absolute Gasteiger partial charge is 0.452 e. The van der Waals surface area contributed by atoms with Crippen molar-refractivity contribution in [3.63, 3.8) is 0 Å². The fourth-order valence-corrected chi connectivity index (χ4v) is 3.25. The third-order valence-electron chi connectivity index (χ3n) is 3.95. The molecule has 1 aliphatic rings. The summed E-state index contributed by atoms with van der Waals surface area (Å²) in [5.74, 6) is -1.60. The highest BCUT2D eigenvalue weighted by Crippen LogP contribution is 2.36. The van der Waals surface area contributed by atoms with Crippen molar-refractivity contribution in [3.05, 3.63) is 16.0 Å². The number of thiophene rings is 1. The fourth-order valence-electron chi connectivity index (χ4n) is 2.20. The summed E-state index contributed by atoms with van der Waals surface area (Å²) < 4.78 is 9.78. The first-order valence-corrected chi connectivity index (χ1v) is 9.29. The number of ether oxygens (including phenoxy) is 2. The van der Waals surface area contributed by atoms with Crippen molar-refractivity contribution in [1.29, 1.82) is 0 Å². The maximum Gasteiger partial charge on any atom is 0.341 e. The molecule has 0 radical (unpaired) electrons. The number of carbonyl (C=O) groups excluding carboxylic acids is 4. The van der Waals surface area contributed by atoms with Gasteiger partial charge in [0.15, 0.2) is 6.61 Å². The number of esters is 1. The van der Waals surface area contributed by atoms with Crippen LogP contribution in [0.4, 0.5) is 9.80 Å². The minimum absolute atomic E-state index is 0.000943. The zero-order chi connectivity index (χ0) is 20.0. The molecule has 0 aliphatic heterocycles. The van der Waals surface area contributed by atoms with Gasteiger partial charge in [-0.3, -0.25) is 14.9 Å². The van der Waals surface area contributed by atoms with Crippen LogP contribution in [0.2, 0.25) is 0 Å². The predicted octanol–water partition coefficient (Wildman–Crippen LogP) is 1.34. The fraction of sp³-hybridized carbons (Fsp3) is 0.529. The van der Waals surface area contributed by atoms with E-state index in [0.717, 1.165) is 17.7 Å². The van der Waals surface area contributed by atoms with Crippen molar-refractivity contribution in [2.24, 2.45) is 5.92 Å². The molecule has 1 aromatic heterocycles. The molecule has 1 fully saturated rings. The highest BCUT2D eigenvalue weighted by Gasteiger charge is 2.31. The minimum atomic E-state index is -0.758. The Bertz CT molecular complexity index is 741. The highest BCUT2D eigenvalue weighted by molar-refractivity contribution is 7.16. The van der Waals surface area contributed by atoms with Gasteiger partial charge in [0.2, 0.25) is 5.91 Å². The van der Waals surface area contributed by atoms with Crippen LogP contribution >= 0.6 is 11.3 Å². The third-order valence-corrected chi connectivity index (χ3v) is 5.08. The molecule has 9 nitrogen and oxygen atoms in total. The van der Waals surface area contributed by atoms with Crippen LogP contribution in [-0.4, -0.2) is 50.7 Å². The molecule has 1 aliphatic carbocycles. The SMILES string of the molecule is COCCNC(=O)NC(=O)COC(=O)c1c(NC(=O)C2CC2)sc(C)c1C. The van der Waals surface area contributed by atoms with Crippen LogP contribution in [0.1, 0.15) is 33.6 Å². The maximum absolute atomic E-state index is 12.4. The van der Waals surface area contributed by atoms with E-state index in [4.69, 9.17) is 9.47 Å². The van der Waals surface area contributed by atoms with Crippen molar-refractivity contribution in [3.8, 4) is 0 Å². The van der Waals surface area contributed by atoms with Gasteiger partial charge in [0.1, 0.15) is 5.00 Å². The molecular weight excluding hydrogens is 374 g/mol. The minimum Gasteiger partial charge on any atom is -0.452 e. The Morgan fingerprint density at radius 1 is 1.19 bits per heavy atom. The summed E-state index contributed by atoms with van der Waals surface area (Å²) in [6.45, 7) is 3.52. The number of amides is 4. The van der Waals surface area contributed by atoms with Crippen molar-refractivity contribution in [1.82, 2.24) is 10.6 Å². The van der Waals surface area contributed by atoms with Gasteiger partial charge in [0.05, 0.1) is 12.2 Å². The van der Waals surface area contributed by atoms with Crippen LogP contribution in [0.25, 0.3) is 0 Å². The second-order valence-corrected chi connectivity index (χ2v) is 7.35. The molecule has 2 rings (SSSR count). The molecular formula is C17H23N3O6S. The maximum atomic E-state index is 12.4. The number of aryl methyl sites for hydroxylation is 1. The number of rotatable bonds is 8. The van der Waals surface area contributed by atoms with Crippen LogP contribution < -0.4 is 16.0 Å². The first-order valence-electron chi connectivity index (χ1n) is 8.48. The van der Waals surface area contributed by atoms with E-state index in [-0.39, 0.29) is 23.9 Å². The predicted molar refractivity (Wildman–Crippen MR) is 98.8 cm³/mol. The van der Waals surface area contributed by atoms with Gasteiger partial charge in [-0.05, 0) is 32.3 Å². The lowest BCUT2D eigenvalue weighted by Crippen LogP contribution is -2.42. The van der Waals surface area contributed by atoms with E-state index in [1.807, 2.05) is 12.2 Å². The lowest BCUT2D eigenvalue weighted by atomic mass is 10.1. The number of methoxy groups -OCH3 is 1. The Kier molecular flexibility index (Phi) is 7.31. The van der Waals surface area contributed by atoms with Crippen molar-refractivity contribution >= 4 is 40.2 Å². The van der Waals surface area contributed by atoms with Gasteiger partial charge in [-0.25, -0.2) is 9.59 Å². The normalized spacial score (nSPS) is 13.0. The number of hydrogen-bond acceptors (Lipinski definition) is 7. The number of carbonyl (C=O) groups is 4. The molecule has 1 heterocycles. The summed E-state index contributed by atoms with van der Waals surface area (Å²) in [7, 11) is 1.49. The number of anilines is 1. The first-order chi connectivity index (χ1) is 12.8. The zero-order valence-corrected chi connectivity index (χ0v) is 16.3. The Hall–Kier alpha value is -2.46. The lowest BCUT2D eigenvalue weighted by Gasteiger charge is -2.09. The number of imide groups is 1.